The van der Waals surface area contributed by atoms with Gasteiger partial charge in [-0.05, 0) is 48.2 Å². The number of nitrogens with one attached hydrogen (secondary N) is 1. The highest BCUT2D eigenvalue weighted by molar-refractivity contribution is 5.68. The minimum absolute atomic E-state index is 0.0662. The Morgan fingerprint density at radius 2 is 1.77 bits per heavy atom. The lowest BCUT2D eigenvalue weighted by Gasteiger charge is -2.17. The summed E-state index contributed by atoms with van der Waals surface area (Å²) in [4.78, 5) is 5.87. The Hall–Kier alpha value is -2.46. The van der Waals surface area contributed by atoms with Crippen LogP contribution in [0, 0.1) is 0 Å². The van der Waals surface area contributed by atoms with Crippen LogP contribution in [0.1, 0.15) is 42.4 Å². The van der Waals surface area contributed by atoms with Crippen molar-refractivity contribution >= 4 is 5.70 Å². The van der Waals surface area contributed by atoms with Gasteiger partial charge < -0.3 is 9.84 Å². The molecule has 0 atom stereocenters. The summed E-state index contributed by atoms with van der Waals surface area (Å²) in [6.45, 7) is 0. The third-order valence-corrected chi connectivity index (χ3v) is 5.80. The molecular weight excluding hydrogens is 326 g/mol. The van der Waals surface area contributed by atoms with Gasteiger partial charge in [0.25, 0.3) is 0 Å². The molecule has 3 aliphatic rings. The molecule has 0 aromatic heterocycles. The molecule has 0 unspecified atom stereocenters. The van der Waals surface area contributed by atoms with Gasteiger partial charge in [-0.15, -0.1) is 0 Å². The summed E-state index contributed by atoms with van der Waals surface area (Å²) >= 11 is 0. The number of fused-ring (bicyclic) bond motifs is 1. The Labute approximate surface area is 153 Å². The summed E-state index contributed by atoms with van der Waals surface area (Å²) in [6.07, 6.45) is 8.56. The predicted molar refractivity (Wildman–Crippen MR) is 99.8 cm³/mol. The van der Waals surface area contributed by atoms with Gasteiger partial charge in [-0.25, -0.2) is 0 Å². The second kappa shape index (κ2) is 6.06. The van der Waals surface area contributed by atoms with Crippen molar-refractivity contribution in [3.63, 3.8) is 0 Å². The molecule has 2 N–H and O–H groups in total. The number of ether oxygens (including phenoxy) is 1. The van der Waals surface area contributed by atoms with Gasteiger partial charge in [0.15, 0.2) is 11.5 Å². The fraction of sp³-hybridized carbons (Fsp3) is 0.364. The van der Waals surface area contributed by atoms with Crippen LogP contribution in [-0.4, -0.2) is 16.8 Å². The molecule has 134 valence electrons. The van der Waals surface area contributed by atoms with Crippen molar-refractivity contribution in [2.24, 2.45) is 0 Å². The average Bonchev–Trinajstić information content (AvgIpc) is 3.37. The van der Waals surface area contributed by atoms with Gasteiger partial charge in [0.1, 0.15) is 11.7 Å². The molecule has 5 rings (SSSR count). The van der Waals surface area contributed by atoms with Gasteiger partial charge in [0.2, 0.25) is 0 Å². The van der Waals surface area contributed by atoms with Crippen LogP contribution in [0.4, 0.5) is 0 Å². The second-order valence-corrected chi connectivity index (χ2v) is 7.63. The van der Waals surface area contributed by atoms with E-state index in [9.17, 15) is 5.11 Å². The molecule has 1 heterocycles. The van der Waals surface area contributed by atoms with E-state index in [1.165, 1.54) is 24.0 Å². The van der Waals surface area contributed by atoms with Crippen molar-refractivity contribution in [1.82, 2.24) is 5.48 Å². The predicted octanol–water partition coefficient (Wildman–Crippen LogP) is 4.13. The molecule has 2 aromatic carbocycles. The molecule has 2 aromatic rings. The molecule has 0 bridgehead atoms. The molecule has 1 aliphatic heterocycles. The number of aromatic hydroxyl groups is 1. The smallest absolute Gasteiger partial charge is 0.162 e. The van der Waals surface area contributed by atoms with Gasteiger partial charge in [0.05, 0.1) is 5.70 Å². The van der Waals surface area contributed by atoms with E-state index in [-0.39, 0.29) is 17.5 Å². The molecule has 0 radical (unpaired) electrons. The highest BCUT2D eigenvalue weighted by Gasteiger charge is 2.38. The number of phenolic OH excluding ortho intramolecular Hbond substituents is 1. The summed E-state index contributed by atoms with van der Waals surface area (Å²) in [6, 6.07) is 14.0. The average molecular weight is 349 g/mol. The van der Waals surface area contributed by atoms with Crippen molar-refractivity contribution in [3.05, 3.63) is 65.2 Å². The fourth-order valence-electron chi connectivity index (χ4n) is 4.40. The number of hydrogen-bond acceptors (Lipinski definition) is 4. The first-order chi connectivity index (χ1) is 12.7. The van der Waals surface area contributed by atoms with E-state index in [1.807, 2.05) is 12.1 Å². The Bertz CT molecular complexity index is 842. The van der Waals surface area contributed by atoms with Crippen LogP contribution in [0.2, 0.25) is 0 Å². The standard InChI is InChI=1S/C22H23NO3/c24-20-8-7-17(19-14-22(26-23-19)9-3-4-10-22)13-21(20)25-18-11-15-5-1-2-6-16(15)12-18/h1-2,5-8,13-14,18,23-24H,3-4,9-12H2. The summed E-state index contributed by atoms with van der Waals surface area (Å²) < 4.78 is 6.16. The third kappa shape index (κ3) is 2.74. The van der Waals surface area contributed by atoms with Crippen molar-refractivity contribution in [1.29, 1.82) is 0 Å². The van der Waals surface area contributed by atoms with Crippen LogP contribution in [-0.2, 0) is 17.7 Å². The minimum atomic E-state index is -0.151. The maximum absolute atomic E-state index is 10.3. The lowest BCUT2D eigenvalue weighted by molar-refractivity contribution is -0.0289. The van der Waals surface area contributed by atoms with Crippen LogP contribution in [0.25, 0.3) is 5.70 Å². The van der Waals surface area contributed by atoms with E-state index in [4.69, 9.17) is 9.57 Å². The first-order valence-electron chi connectivity index (χ1n) is 9.45. The zero-order chi connectivity index (χ0) is 17.6. The molecule has 2 aliphatic carbocycles. The highest BCUT2D eigenvalue weighted by atomic mass is 16.7. The second-order valence-electron chi connectivity index (χ2n) is 7.63. The first-order valence-corrected chi connectivity index (χ1v) is 9.45. The summed E-state index contributed by atoms with van der Waals surface area (Å²) in [5, 5.41) is 10.3. The van der Waals surface area contributed by atoms with E-state index >= 15 is 0 Å². The quantitative estimate of drug-likeness (QED) is 0.875. The van der Waals surface area contributed by atoms with E-state index in [0.717, 1.165) is 36.9 Å². The molecule has 4 heteroatoms. The fourth-order valence-corrected chi connectivity index (χ4v) is 4.40. The highest BCUT2D eigenvalue weighted by Crippen LogP contribution is 2.40. The summed E-state index contributed by atoms with van der Waals surface area (Å²) in [7, 11) is 0. The topological polar surface area (TPSA) is 50.7 Å². The SMILES string of the molecule is Oc1ccc(C2=CC3(CCCC3)ON2)cc1OC1Cc2ccccc2C1. The Kier molecular flexibility index (Phi) is 3.68. The largest absolute Gasteiger partial charge is 0.504 e. The molecular formula is C22H23NO3. The summed E-state index contributed by atoms with van der Waals surface area (Å²) in [5.41, 5.74) is 7.56. The van der Waals surface area contributed by atoms with Crippen LogP contribution >= 0.6 is 0 Å². The van der Waals surface area contributed by atoms with Gasteiger partial charge in [0, 0.05) is 18.4 Å². The van der Waals surface area contributed by atoms with E-state index in [1.54, 1.807) is 6.07 Å². The van der Waals surface area contributed by atoms with E-state index < -0.39 is 0 Å². The van der Waals surface area contributed by atoms with Crippen molar-refractivity contribution < 1.29 is 14.7 Å². The Morgan fingerprint density at radius 1 is 1.04 bits per heavy atom. The number of phenols is 1. The molecule has 4 nitrogen and oxygen atoms in total. The van der Waals surface area contributed by atoms with Gasteiger partial charge >= 0.3 is 0 Å². The molecule has 26 heavy (non-hydrogen) atoms. The first kappa shape index (κ1) is 15.8. The molecule has 0 saturated heterocycles. The lowest BCUT2D eigenvalue weighted by atomic mass is 10.00. The number of hydroxylamine groups is 1. The minimum Gasteiger partial charge on any atom is -0.504 e. The monoisotopic (exact) mass is 349 g/mol. The molecule has 1 spiro atoms. The zero-order valence-electron chi connectivity index (χ0n) is 14.7. The maximum Gasteiger partial charge on any atom is 0.162 e. The Balaban J connectivity index is 1.37. The normalized spacial score (nSPS) is 20.8. The van der Waals surface area contributed by atoms with Gasteiger partial charge in [-0.1, -0.05) is 37.1 Å². The third-order valence-electron chi connectivity index (χ3n) is 5.80. The van der Waals surface area contributed by atoms with Crippen LogP contribution < -0.4 is 10.2 Å². The van der Waals surface area contributed by atoms with Crippen molar-refractivity contribution in [2.45, 2.75) is 50.2 Å². The van der Waals surface area contributed by atoms with Gasteiger partial charge in [-0.2, -0.15) is 0 Å². The molecule has 0 amide bonds. The molecule has 1 saturated carbocycles. The lowest BCUT2D eigenvalue weighted by Crippen LogP contribution is -2.25. The Morgan fingerprint density at radius 3 is 2.50 bits per heavy atom. The summed E-state index contributed by atoms with van der Waals surface area (Å²) in [5.74, 6) is 0.718. The van der Waals surface area contributed by atoms with Gasteiger partial charge in [-0.3, -0.25) is 10.3 Å². The zero-order valence-corrected chi connectivity index (χ0v) is 14.7. The number of rotatable bonds is 3. The maximum atomic E-state index is 10.3. The van der Waals surface area contributed by atoms with Crippen LogP contribution in [0.5, 0.6) is 11.5 Å². The van der Waals surface area contributed by atoms with Crippen molar-refractivity contribution in [2.75, 3.05) is 0 Å². The number of benzene rings is 2. The van der Waals surface area contributed by atoms with Crippen molar-refractivity contribution in [3.8, 4) is 11.5 Å². The van der Waals surface area contributed by atoms with E-state index in [2.05, 4.69) is 35.8 Å². The van der Waals surface area contributed by atoms with Crippen LogP contribution in [0.15, 0.2) is 48.5 Å². The molecule has 1 fully saturated rings. The number of hydrogen-bond donors (Lipinski definition) is 2. The van der Waals surface area contributed by atoms with Crippen LogP contribution in [0.3, 0.4) is 0 Å². The van der Waals surface area contributed by atoms with E-state index in [0.29, 0.717) is 5.75 Å².